The smallest absolute Gasteiger partial charge is 0.225 e. The van der Waals surface area contributed by atoms with Gasteiger partial charge in [-0.1, -0.05) is 5.16 Å². The van der Waals surface area contributed by atoms with Crippen LogP contribution in [0, 0.1) is 13.8 Å². The van der Waals surface area contributed by atoms with Crippen LogP contribution in [0.5, 0.6) is 0 Å². The van der Waals surface area contributed by atoms with Crippen LogP contribution in [0.25, 0.3) is 0 Å². The van der Waals surface area contributed by atoms with Crippen molar-refractivity contribution in [2.24, 2.45) is 0 Å². The Bertz CT molecular complexity index is 429. The standard InChI is InChI=1S/C7H8ClN5O/c1-4-10-11-7(8)13(4)3-6-9-5(2)14-12-6/h3H2,1-2H3. The maximum Gasteiger partial charge on any atom is 0.225 e. The summed E-state index contributed by atoms with van der Waals surface area (Å²) in [5, 5.41) is 11.6. The second kappa shape index (κ2) is 3.38. The van der Waals surface area contributed by atoms with E-state index >= 15 is 0 Å². The fraction of sp³-hybridized carbons (Fsp3) is 0.429. The summed E-state index contributed by atoms with van der Waals surface area (Å²) in [6.07, 6.45) is 0. The highest BCUT2D eigenvalue weighted by Crippen LogP contribution is 2.09. The Morgan fingerprint density at radius 3 is 2.64 bits per heavy atom. The van der Waals surface area contributed by atoms with Crippen LogP contribution in [0.4, 0.5) is 0 Å². The Morgan fingerprint density at radius 2 is 2.14 bits per heavy atom. The van der Waals surface area contributed by atoms with Gasteiger partial charge >= 0.3 is 0 Å². The van der Waals surface area contributed by atoms with Crippen LogP contribution < -0.4 is 0 Å². The van der Waals surface area contributed by atoms with Crippen LogP contribution in [0.1, 0.15) is 17.5 Å². The Hall–Kier alpha value is -1.43. The first-order valence-electron chi connectivity index (χ1n) is 4.01. The number of hydrogen-bond acceptors (Lipinski definition) is 5. The third-order valence-electron chi connectivity index (χ3n) is 1.76. The molecule has 2 heterocycles. The zero-order chi connectivity index (χ0) is 10.1. The van der Waals surface area contributed by atoms with Crippen molar-refractivity contribution in [1.29, 1.82) is 0 Å². The topological polar surface area (TPSA) is 69.6 Å². The predicted molar refractivity (Wildman–Crippen MR) is 47.9 cm³/mol. The van der Waals surface area contributed by atoms with Gasteiger partial charge in [-0.15, -0.1) is 10.2 Å². The summed E-state index contributed by atoms with van der Waals surface area (Å²) in [6.45, 7) is 3.97. The molecule has 0 radical (unpaired) electrons. The molecule has 0 unspecified atom stereocenters. The van der Waals surface area contributed by atoms with Gasteiger partial charge in [-0.2, -0.15) is 4.98 Å². The SMILES string of the molecule is Cc1nc(Cn2c(C)nnc2Cl)no1. The summed E-state index contributed by atoms with van der Waals surface area (Å²) in [5.41, 5.74) is 0. The highest BCUT2D eigenvalue weighted by Gasteiger charge is 2.09. The van der Waals surface area contributed by atoms with Gasteiger partial charge in [0.1, 0.15) is 5.82 Å². The lowest BCUT2D eigenvalue weighted by molar-refractivity contribution is 0.386. The predicted octanol–water partition coefficient (Wildman–Crippen LogP) is 0.980. The third kappa shape index (κ3) is 1.60. The van der Waals surface area contributed by atoms with Crippen molar-refractivity contribution in [2.45, 2.75) is 20.4 Å². The average molecular weight is 214 g/mol. The van der Waals surface area contributed by atoms with E-state index in [0.717, 1.165) is 5.82 Å². The summed E-state index contributed by atoms with van der Waals surface area (Å²) < 4.78 is 6.53. The first-order chi connectivity index (χ1) is 6.66. The molecule has 7 heteroatoms. The number of rotatable bonds is 2. The van der Waals surface area contributed by atoms with E-state index in [1.165, 1.54) is 0 Å². The lowest BCUT2D eigenvalue weighted by Crippen LogP contribution is -2.03. The molecule has 0 N–H and O–H groups in total. The van der Waals surface area contributed by atoms with Gasteiger partial charge in [-0.25, -0.2) is 0 Å². The van der Waals surface area contributed by atoms with Gasteiger partial charge in [0.15, 0.2) is 5.82 Å². The molecule has 0 saturated heterocycles. The molecule has 0 saturated carbocycles. The summed E-state index contributed by atoms with van der Waals surface area (Å²) in [6, 6.07) is 0. The van der Waals surface area contributed by atoms with E-state index in [2.05, 4.69) is 20.3 Å². The molecule has 0 atom stereocenters. The minimum atomic E-state index is 0.324. The lowest BCUT2D eigenvalue weighted by Gasteiger charge is -1.99. The van der Waals surface area contributed by atoms with Gasteiger partial charge in [-0.05, 0) is 18.5 Å². The summed E-state index contributed by atoms with van der Waals surface area (Å²) in [7, 11) is 0. The van der Waals surface area contributed by atoms with Crippen molar-refractivity contribution in [3.63, 3.8) is 0 Å². The lowest BCUT2D eigenvalue weighted by atomic mass is 10.5. The molecule has 0 amide bonds. The second-order valence-electron chi connectivity index (χ2n) is 2.83. The van der Waals surface area contributed by atoms with Crippen molar-refractivity contribution in [1.82, 2.24) is 24.9 Å². The molecule has 2 aromatic rings. The van der Waals surface area contributed by atoms with Crippen molar-refractivity contribution >= 4 is 11.6 Å². The maximum atomic E-state index is 5.80. The van der Waals surface area contributed by atoms with E-state index in [0.29, 0.717) is 23.5 Å². The number of halogens is 1. The molecule has 0 aliphatic rings. The van der Waals surface area contributed by atoms with Crippen LogP contribution in [0.15, 0.2) is 4.52 Å². The molecule has 14 heavy (non-hydrogen) atoms. The minimum absolute atomic E-state index is 0.324. The van der Waals surface area contributed by atoms with Crippen molar-refractivity contribution in [3.05, 3.63) is 22.8 Å². The summed E-state index contributed by atoms with van der Waals surface area (Å²) in [5.74, 6) is 1.81. The van der Waals surface area contributed by atoms with Crippen molar-refractivity contribution < 1.29 is 4.52 Å². The normalized spacial score (nSPS) is 10.8. The number of aryl methyl sites for hydroxylation is 2. The fourth-order valence-corrected chi connectivity index (χ4v) is 1.30. The maximum absolute atomic E-state index is 5.80. The molecule has 0 bridgehead atoms. The van der Waals surface area contributed by atoms with E-state index < -0.39 is 0 Å². The summed E-state index contributed by atoms with van der Waals surface area (Å²) >= 11 is 5.80. The second-order valence-corrected chi connectivity index (χ2v) is 3.17. The van der Waals surface area contributed by atoms with E-state index in [9.17, 15) is 0 Å². The summed E-state index contributed by atoms with van der Waals surface area (Å²) in [4.78, 5) is 4.05. The quantitative estimate of drug-likeness (QED) is 0.744. The van der Waals surface area contributed by atoms with Crippen LogP contribution in [-0.2, 0) is 6.54 Å². The molecule has 0 aromatic carbocycles. The number of aromatic nitrogens is 5. The van der Waals surface area contributed by atoms with E-state index in [4.69, 9.17) is 16.1 Å². The van der Waals surface area contributed by atoms with Gasteiger partial charge in [0.25, 0.3) is 0 Å². The van der Waals surface area contributed by atoms with Gasteiger partial charge in [0.2, 0.25) is 11.2 Å². The molecule has 2 aromatic heterocycles. The highest BCUT2D eigenvalue weighted by atomic mass is 35.5. The molecule has 74 valence electrons. The Balaban J connectivity index is 2.26. The van der Waals surface area contributed by atoms with E-state index in [-0.39, 0.29) is 0 Å². The van der Waals surface area contributed by atoms with Crippen LogP contribution in [0.3, 0.4) is 0 Å². The van der Waals surface area contributed by atoms with Gasteiger partial charge in [0.05, 0.1) is 6.54 Å². The van der Waals surface area contributed by atoms with Crippen LogP contribution in [0.2, 0.25) is 5.28 Å². The van der Waals surface area contributed by atoms with Crippen LogP contribution >= 0.6 is 11.6 Å². The van der Waals surface area contributed by atoms with Crippen LogP contribution in [-0.4, -0.2) is 24.9 Å². The van der Waals surface area contributed by atoms with Gasteiger partial charge < -0.3 is 4.52 Å². The van der Waals surface area contributed by atoms with E-state index in [1.54, 1.807) is 11.5 Å². The average Bonchev–Trinajstić information content (AvgIpc) is 2.67. The van der Waals surface area contributed by atoms with E-state index in [1.807, 2.05) is 6.92 Å². The molecule has 0 spiro atoms. The Morgan fingerprint density at radius 1 is 1.36 bits per heavy atom. The zero-order valence-corrected chi connectivity index (χ0v) is 8.49. The largest absolute Gasteiger partial charge is 0.340 e. The minimum Gasteiger partial charge on any atom is -0.340 e. The number of nitrogens with zero attached hydrogens (tertiary/aromatic N) is 5. The molecular formula is C7H8ClN5O. The zero-order valence-electron chi connectivity index (χ0n) is 7.73. The Labute approximate surface area is 84.9 Å². The Kier molecular flexibility index (Phi) is 2.20. The first-order valence-corrected chi connectivity index (χ1v) is 4.39. The highest BCUT2D eigenvalue weighted by molar-refractivity contribution is 6.28. The first kappa shape index (κ1) is 9.14. The fourth-order valence-electron chi connectivity index (χ4n) is 1.08. The monoisotopic (exact) mass is 213 g/mol. The molecular weight excluding hydrogens is 206 g/mol. The molecule has 0 aliphatic carbocycles. The van der Waals surface area contributed by atoms with Gasteiger partial charge in [-0.3, -0.25) is 4.57 Å². The van der Waals surface area contributed by atoms with Crippen molar-refractivity contribution in [2.75, 3.05) is 0 Å². The molecule has 2 rings (SSSR count). The number of hydrogen-bond donors (Lipinski definition) is 0. The molecule has 0 fully saturated rings. The molecule has 0 aliphatic heterocycles. The van der Waals surface area contributed by atoms with Crippen molar-refractivity contribution in [3.8, 4) is 0 Å². The van der Waals surface area contributed by atoms with Gasteiger partial charge in [0, 0.05) is 6.92 Å². The molecule has 6 nitrogen and oxygen atoms in total. The third-order valence-corrected chi connectivity index (χ3v) is 2.04.